The summed E-state index contributed by atoms with van der Waals surface area (Å²) in [5.74, 6) is 0.706. The van der Waals surface area contributed by atoms with E-state index in [4.69, 9.17) is 0 Å². The Balaban J connectivity index is 1.66. The van der Waals surface area contributed by atoms with E-state index in [1.807, 2.05) is 74.9 Å². The number of aromatic nitrogens is 3. The Kier molecular flexibility index (Phi) is 7.46. The minimum Gasteiger partial charge on any atom is -0.342 e. The molecule has 0 aliphatic rings. The lowest BCUT2D eigenvalue weighted by atomic mass is 10.0. The molecule has 0 bridgehead atoms. The smallest absolute Gasteiger partial charge is 0.251 e. The van der Waals surface area contributed by atoms with E-state index in [9.17, 15) is 9.59 Å². The van der Waals surface area contributed by atoms with Crippen LogP contribution in [0.5, 0.6) is 0 Å². The number of anilines is 1. The van der Waals surface area contributed by atoms with Crippen LogP contribution in [0.25, 0.3) is 0 Å². The minimum absolute atomic E-state index is 0.109. The molecule has 2 aromatic carbocycles. The minimum atomic E-state index is -0.305. The number of rotatable bonds is 8. The van der Waals surface area contributed by atoms with E-state index in [0.717, 1.165) is 11.3 Å². The second-order valence-corrected chi connectivity index (χ2v) is 8.56. The molecule has 2 N–H and O–H groups in total. The van der Waals surface area contributed by atoms with Gasteiger partial charge in [0.2, 0.25) is 5.91 Å². The fourth-order valence-electron chi connectivity index (χ4n) is 3.10. The Morgan fingerprint density at radius 3 is 2.39 bits per heavy atom. The Hall–Kier alpha value is -3.13. The van der Waals surface area contributed by atoms with E-state index >= 15 is 0 Å². The molecule has 1 heterocycles. The fraction of sp³-hybridized carbons (Fsp3) is 0.304. The van der Waals surface area contributed by atoms with Crippen molar-refractivity contribution in [3.8, 4) is 0 Å². The molecule has 31 heavy (non-hydrogen) atoms. The van der Waals surface area contributed by atoms with Crippen molar-refractivity contribution in [3.05, 3.63) is 71.5 Å². The van der Waals surface area contributed by atoms with Crippen molar-refractivity contribution >= 4 is 29.3 Å². The van der Waals surface area contributed by atoms with Gasteiger partial charge in [-0.25, -0.2) is 0 Å². The second kappa shape index (κ2) is 10.3. The quantitative estimate of drug-likeness (QED) is 0.521. The standard InChI is InChI=1S/C23H27N5O2S/c1-15(2)20(25-22(30)17-11-6-5-7-12-17)21-26-27-23(28(21)4)31-14-19(29)24-18-13-9-8-10-16(18)3/h5-13,15,20H,14H2,1-4H3,(H,24,29)(H,25,30)/t20-/m0/s1. The molecule has 0 saturated carbocycles. The maximum atomic E-state index is 12.6. The molecular formula is C23H27N5O2S. The topological polar surface area (TPSA) is 88.9 Å². The Morgan fingerprint density at radius 1 is 1.03 bits per heavy atom. The predicted octanol–water partition coefficient (Wildman–Crippen LogP) is 3.98. The first-order valence-electron chi connectivity index (χ1n) is 10.1. The molecule has 2 amide bonds. The van der Waals surface area contributed by atoms with Crippen molar-refractivity contribution in [2.75, 3.05) is 11.1 Å². The molecule has 3 rings (SSSR count). The van der Waals surface area contributed by atoms with E-state index in [1.54, 1.807) is 12.1 Å². The van der Waals surface area contributed by atoms with Gasteiger partial charge in [0.25, 0.3) is 5.91 Å². The lowest BCUT2D eigenvalue weighted by Crippen LogP contribution is -2.33. The van der Waals surface area contributed by atoms with E-state index in [-0.39, 0.29) is 29.5 Å². The molecule has 162 valence electrons. The average Bonchev–Trinajstić information content (AvgIpc) is 3.12. The summed E-state index contributed by atoms with van der Waals surface area (Å²) in [4.78, 5) is 25.0. The van der Waals surface area contributed by atoms with Crippen molar-refractivity contribution in [3.63, 3.8) is 0 Å². The highest BCUT2D eigenvalue weighted by Gasteiger charge is 2.25. The SMILES string of the molecule is Cc1ccccc1NC(=O)CSc1nnc([C@@H](NC(=O)c2ccccc2)C(C)C)n1C. The molecule has 1 atom stereocenters. The summed E-state index contributed by atoms with van der Waals surface area (Å²) in [6.07, 6.45) is 0. The zero-order chi connectivity index (χ0) is 22.4. The number of carbonyl (C=O) groups is 2. The highest BCUT2D eigenvalue weighted by molar-refractivity contribution is 7.99. The molecule has 0 unspecified atom stereocenters. The molecule has 0 aliphatic carbocycles. The van der Waals surface area contributed by atoms with Gasteiger partial charge in [-0.3, -0.25) is 9.59 Å². The zero-order valence-corrected chi connectivity index (χ0v) is 18.9. The summed E-state index contributed by atoms with van der Waals surface area (Å²) in [7, 11) is 1.85. The molecule has 1 aromatic heterocycles. The van der Waals surface area contributed by atoms with Gasteiger partial charge in [-0.05, 0) is 36.6 Å². The first kappa shape index (κ1) is 22.6. The molecular weight excluding hydrogens is 410 g/mol. The molecule has 8 heteroatoms. The normalized spacial score (nSPS) is 11.9. The molecule has 0 fully saturated rings. The van der Waals surface area contributed by atoms with Gasteiger partial charge < -0.3 is 15.2 Å². The fourth-order valence-corrected chi connectivity index (χ4v) is 3.81. The molecule has 7 nitrogen and oxygen atoms in total. The van der Waals surface area contributed by atoms with Crippen LogP contribution in [0.3, 0.4) is 0 Å². The van der Waals surface area contributed by atoms with Crippen LogP contribution >= 0.6 is 11.8 Å². The van der Waals surface area contributed by atoms with E-state index in [0.29, 0.717) is 16.5 Å². The number of para-hydroxylation sites is 1. The molecule has 0 aliphatic heterocycles. The summed E-state index contributed by atoms with van der Waals surface area (Å²) in [5, 5.41) is 15.1. The van der Waals surface area contributed by atoms with Crippen LogP contribution in [0.4, 0.5) is 5.69 Å². The third-order valence-electron chi connectivity index (χ3n) is 4.89. The summed E-state index contributed by atoms with van der Waals surface area (Å²) in [6.45, 7) is 5.99. The maximum Gasteiger partial charge on any atom is 0.251 e. The number of hydrogen-bond donors (Lipinski definition) is 2. The molecule has 0 radical (unpaired) electrons. The summed E-state index contributed by atoms with van der Waals surface area (Å²) >= 11 is 1.31. The first-order valence-corrected chi connectivity index (χ1v) is 11.1. The van der Waals surface area contributed by atoms with Crippen molar-refractivity contribution in [1.29, 1.82) is 0 Å². The third-order valence-corrected chi connectivity index (χ3v) is 5.91. The highest BCUT2D eigenvalue weighted by Crippen LogP contribution is 2.24. The Bertz CT molecular complexity index is 1050. The van der Waals surface area contributed by atoms with E-state index < -0.39 is 0 Å². The maximum absolute atomic E-state index is 12.6. The highest BCUT2D eigenvalue weighted by atomic mass is 32.2. The van der Waals surface area contributed by atoms with Gasteiger partial charge in [0.15, 0.2) is 11.0 Å². The summed E-state index contributed by atoms with van der Waals surface area (Å²) in [5.41, 5.74) is 2.41. The number of amides is 2. The number of benzene rings is 2. The number of carbonyl (C=O) groups excluding carboxylic acids is 2. The van der Waals surface area contributed by atoms with Crippen LogP contribution in [0.15, 0.2) is 59.8 Å². The number of thioether (sulfide) groups is 1. The van der Waals surface area contributed by atoms with E-state index in [1.165, 1.54) is 11.8 Å². The zero-order valence-electron chi connectivity index (χ0n) is 18.1. The van der Waals surface area contributed by atoms with Crippen molar-refractivity contribution in [2.45, 2.75) is 32.0 Å². The largest absolute Gasteiger partial charge is 0.342 e. The van der Waals surface area contributed by atoms with Crippen LogP contribution in [-0.2, 0) is 11.8 Å². The lowest BCUT2D eigenvalue weighted by Gasteiger charge is -2.21. The van der Waals surface area contributed by atoms with Crippen LogP contribution in [0.1, 0.15) is 41.6 Å². The Morgan fingerprint density at radius 2 is 1.71 bits per heavy atom. The predicted molar refractivity (Wildman–Crippen MR) is 123 cm³/mol. The van der Waals surface area contributed by atoms with Gasteiger partial charge >= 0.3 is 0 Å². The average molecular weight is 438 g/mol. The number of hydrogen-bond acceptors (Lipinski definition) is 5. The summed E-state index contributed by atoms with van der Waals surface area (Å²) in [6, 6.07) is 16.4. The van der Waals surface area contributed by atoms with Crippen LogP contribution in [0.2, 0.25) is 0 Å². The second-order valence-electron chi connectivity index (χ2n) is 7.61. The van der Waals surface area contributed by atoms with Crippen molar-refractivity contribution in [2.24, 2.45) is 13.0 Å². The van der Waals surface area contributed by atoms with E-state index in [2.05, 4.69) is 20.8 Å². The lowest BCUT2D eigenvalue weighted by molar-refractivity contribution is -0.113. The number of nitrogens with zero attached hydrogens (tertiary/aromatic N) is 3. The van der Waals surface area contributed by atoms with Gasteiger partial charge in [0.05, 0.1) is 11.8 Å². The summed E-state index contributed by atoms with van der Waals surface area (Å²) < 4.78 is 1.83. The monoisotopic (exact) mass is 437 g/mol. The van der Waals surface area contributed by atoms with Crippen molar-refractivity contribution in [1.82, 2.24) is 20.1 Å². The van der Waals surface area contributed by atoms with Crippen LogP contribution in [-0.4, -0.2) is 32.3 Å². The number of aryl methyl sites for hydroxylation is 1. The van der Waals surface area contributed by atoms with Gasteiger partial charge in [0.1, 0.15) is 0 Å². The molecule has 0 spiro atoms. The molecule has 0 saturated heterocycles. The van der Waals surface area contributed by atoms with Crippen molar-refractivity contribution < 1.29 is 9.59 Å². The van der Waals surface area contributed by atoms with Crippen LogP contribution in [0, 0.1) is 12.8 Å². The Labute approximate surface area is 186 Å². The van der Waals surface area contributed by atoms with Gasteiger partial charge in [-0.2, -0.15) is 0 Å². The first-order chi connectivity index (χ1) is 14.9. The molecule has 3 aromatic rings. The van der Waals surface area contributed by atoms with Gasteiger partial charge in [-0.15, -0.1) is 10.2 Å². The number of nitrogens with one attached hydrogen (secondary N) is 2. The third kappa shape index (κ3) is 5.73. The van der Waals surface area contributed by atoms with Gasteiger partial charge in [-0.1, -0.05) is 62.0 Å². The van der Waals surface area contributed by atoms with Crippen LogP contribution < -0.4 is 10.6 Å². The van der Waals surface area contributed by atoms with Gasteiger partial charge in [0, 0.05) is 18.3 Å².